The van der Waals surface area contributed by atoms with Crippen LogP contribution in [0.5, 0.6) is 0 Å². The van der Waals surface area contributed by atoms with E-state index in [1.54, 1.807) is 11.0 Å². The van der Waals surface area contributed by atoms with Crippen LogP contribution in [0.15, 0.2) is 12.1 Å². The first-order chi connectivity index (χ1) is 9.92. The number of nitrogens with one attached hydrogen (secondary N) is 1. The third-order valence-electron chi connectivity index (χ3n) is 4.05. The highest BCUT2D eigenvalue weighted by Gasteiger charge is 2.43. The molecule has 0 spiro atoms. The summed E-state index contributed by atoms with van der Waals surface area (Å²) in [6, 6.07) is 3.10. The summed E-state index contributed by atoms with van der Waals surface area (Å²) < 4.78 is 0. The molecule has 0 bridgehead atoms. The monoisotopic (exact) mass is 291 g/mol. The van der Waals surface area contributed by atoms with Crippen LogP contribution in [0, 0.1) is 10.1 Å². The molecule has 1 aromatic rings. The highest BCUT2D eigenvalue weighted by Crippen LogP contribution is 2.41. The maximum absolute atomic E-state index is 11.4. The molecule has 0 aliphatic carbocycles. The number of anilines is 2. The lowest BCUT2D eigenvalue weighted by Crippen LogP contribution is -2.62. The third kappa shape index (κ3) is 2.33. The van der Waals surface area contributed by atoms with E-state index < -0.39 is 10.5 Å². The third-order valence-corrected chi connectivity index (χ3v) is 4.05. The van der Waals surface area contributed by atoms with Crippen LogP contribution in [0.2, 0.25) is 0 Å². The number of fused-ring (bicyclic) bond motifs is 1. The molecule has 7 nitrogen and oxygen atoms in total. The maximum atomic E-state index is 11.4. The fourth-order valence-electron chi connectivity index (χ4n) is 3.11. The predicted molar refractivity (Wildman–Crippen MR) is 77.5 cm³/mol. The minimum atomic E-state index is -0.759. The highest BCUT2D eigenvalue weighted by atomic mass is 16.6. The van der Waals surface area contributed by atoms with Crippen LogP contribution in [0.1, 0.15) is 25.3 Å². The van der Waals surface area contributed by atoms with Gasteiger partial charge in [-0.3, -0.25) is 14.9 Å². The van der Waals surface area contributed by atoms with Crippen LogP contribution in [-0.2, 0) is 11.2 Å². The van der Waals surface area contributed by atoms with E-state index in [0.29, 0.717) is 36.4 Å². The number of nitro groups is 1. The van der Waals surface area contributed by atoms with Gasteiger partial charge in [0.1, 0.15) is 5.69 Å². The van der Waals surface area contributed by atoms with Gasteiger partial charge in [-0.1, -0.05) is 13.3 Å². The van der Waals surface area contributed by atoms with Crippen molar-refractivity contribution in [1.82, 2.24) is 0 Å². The minimum Gasteiger partial charge on any atom is -0.386 e. The molecule has 1 saturated heterocycles. The van der Waals surface area contributed by atoms with Gasteiger partial charge in [-0.15, -0.1) is 0 Å². The van der Waals surface area contributed by atoms with Crippen molar-refractivity contribution in [2.45, 2.75) is 31.8 Å². The molecule has 21 heavy (non-hydrogen) atoms. The van der Waals surface area contributed by atoms with E-state index in [0.717, 1.165) is 6.42 Å². The largest absolute Gasteiger partial charge is 0.386 e. The van der Waals surface area contributed by atoms with E-state index in [2.05, 4.69) is 5.32 Å². The summed E-state index contributed by atoms with van der Waals surface area (Å²) in [5.41, 5.74) is 0.974. The van der Waals surface area contributed by atoms with Crippen LogP contribution < -0.4 is 10.2 Å². The Balaban J connectivity index is 1.91. The van der Waals surface area contributed by atoms with Gasteiger partial charge < -0.3 is 15.3 Å². The number of aliphatic hydroxyl groups is 1. The van der Waals surface area contributed by atoms with E-state index in [9.17, 15) is 20.0 Å². The molecule has 2 N–H and O–H groups in total. The zero-order chi connectivity index (χ0) is 15.2. The second-order valence-corrected chi connectivity index (χ2v) is 5.81. The van der Waals surface area contributed by atoms with E-state index in [1.165, 1.54) is 6.07 Å². The number of carbonyl (C=O) groups is 1. The van der Waals surface area contributed by atoms with Gasteiger partial charge >= 0.3 is 0 Å². The summed E-state index contributed by atoms with van der Waals surface area (Å²) in [6.07, 6.45) is 1.72. The lowest BCUT2D eigenvalue weighted by molar-refractivity contribution is -0.384. The van der Waals surface area contributed by atoms with Gasteiger partial charge in [-0.05, 0) is 18.1 Å². The molecule has 0 atom stereocenters. The van der Waals surface area contributed by atoms with Crippen LogP contribution in [0.4, 0.5) is 17.1 Å². The number of hydrogen-bond donors (Lipinski definition) is 2. The molecule has 0 radical (unpaired) electrons. The van der Waals surface area contributed by atoms with Crippen molar-refractivity contribution in [3.8, 4) is 0 Å². The summed E-state index contributed by atoms with van der Waals surface area (Å²) in [4.78, 5) is 24.0. The van der Waals surface area contributed by atoms with Crippen molar-refractivity contribution in [3.63, 3.8) is 0 Å². The molecule has 0 unspecified atom stereocenters. The smallest absolute Gasteiger partial charge is 0.292 e. The lowest BCUT2D eigenvalue weighted by Gasteiger charge is -2.47. The molecule has 3 rings (SSSR count). The predicted octanol–water partition coefficient (Wildman–Crippen LogP) is 1.44. The molecular formula is C14H17N3O4. The molecule has 2 aliphatic heterocycles. The van der Waals surface area contributed by atoms with Crippen molar-refractivity contribution in [2.24, 2.45) is 0 Å². The Kier molecular flexibility index (Phi) is 3.09. The number of nitrogens with zero attached hydrogens (tertiary/aromatic N) is 2. The Hall–Kier alpha value is -2.15. The molecule has 2 heterocycles. The van der Waals surface area contributed by atoms with Crippen LogP contribution in [-0.4, -0.2) is 34.6 Å². The topological polar surface area (TPSA) is 95.7 Å². The van der Waals surface area contributed by atoms with Crippen molar-refractivity contribution in [2.75, 3.05) is 23.3 Å². The van der Waals surface area contributed by atoms with Gasteiger partial charge in [-0.25, -0.2) is 0 Å². The molecule has 112 valence electrons. The Morgan fingerprint density at radius 3 is 2.81 bits per heavy atom. The average Bonchev–Trinajstić information content (AvgIpc) is 2.73. The quantitative estimate of drug-likeness (QED) is 0.646. The zero-order valence-electron chi connectivity index (χ0n) is 11.8. The number of nitro benzene ring substituents is 1. The second kappa shape index (κ2) is 4.70. The van der Waals surface area contributed by atoms with Gasteiger partial charge in [0.2, 0.25) is 5.91 Å². The van der Waals surface area contributed by atoms with E-state index >= 15 is 0 Å². The van der Waals surface area contributed by atoms with Crippen LogP contribution in [0.25, 0.3) is 0 Å². The molecule has 1 fully saturated rings. The van der Waals surface area contributed by atoms with Crippen molar-refractivity contribution in [3.05, 3.63) is 27.8 Å². The lowest BCUT2D eigenvalue weighted by atomic mass is 9.88. The first-order valence-corrected chi connectivity index (χ1v) is 7.00. The van der Waals surface area contributed by atoms with Crippen LogP contribution in [0.3, 0.4) is 0 Å². The molecular weight excluding hydrogens is 274 g/mol. The Morgan fingerprint density at radius 2 is 2.19 bits per heavy atom. The average molecular weight is 291 g/mol. The first kappa shape index (κ1) is 13.8. The maximum Gasteiger partial charge on any atom is 0.292 e. The Morgan fingerprint density at radius 1 is 1.48 bits per heavy atom. The normalized spacial score (nSPS) is 19.0. The Bertz CT molecular complexity index is 623. The second-order valence-electron chi connectivity index (χ2n) is 5.81. The summed E-state index contributed by atoms with van der Waals surface area (Å²) in [7, 11) is 0. The number of benzene rings is 1. The molecule has 7 heteroatoms. The summed E-state index contributed by atoms with van der Waals surface area (Å²) in [5, 5.41) is 24.2. The molecule has 2 aliphatic rings. The SMILES string of the molecule is CCCC1(O)CN(c2cc3c(cc2[N+](=O)[O-])CC(=O)N3)C1. The molecule has 0 aromatic heterocycles. The van der Waals surface area contributed by atoms with Crippen molar-refractivity contribution < 1.29 is 14.8 Å². The van der Waals surface area contributed by atoms with Gasteiger partial charge in [0.05, 0.1) is 16.9 Å². The minimum absolute atomic E-state index is 0.0104. The first-order valence-electron chi connectivity index (χ1n) is 7.00. The van der Waals surface area contributed by atoms with Crippen LogP contribution >= 0.6 is 0 Å². The van der Waals surface area contributed by atoms with E-state index in [1.807, 2.05) is 6.92 Å². The van der Waals surface area contributed by atoms with E-state index in [-0.39, 0.29) is 18.0 Å². The number of rotatable bonds is 4. The fourth-order valence-corrected chi connectivity index (χ4v) is 3.11. The fraction of sp³-hybridized carbons (Fsp3) is 0.500. The van der Waals surface area contributed by atoms with Gasteiger partial charge in [0.15, 0.2) is 0 Å². The standard InChI is InChI=1S/C14H17N3O4/c1-2-3-14(19)7-16(8-14)11-6-10-9(5-13(18)15-10)4-12(11)17(20)21/h4,6,19H,2-3,5,7-8H2,1H3,(H,15,18). The summed E-state index contributed by atoms with van der Waals surface area (Å²) in [6.45, 7) is 2.76. The molecule has 0 saturated carbocycles. The zero-order valence-corrected chi connectivity index (χ0v) is 11.8. The number of hydrogen-bond acceptors (Lipinski definition) is 5. The molecule has 1 amide bonds. The number of carbonyl (C=O) groups excluding carboxylic acids is 1. The summed E-state index contributed by atoms with van der Waals surface area (Å²) in [5.74, 6) is -0.150. The van der Waals surface area contributed by atoms with Gasteiger partial charge in [0, 0.05) is 24.8 Å². The highest BCUT2D eigenvalue weighted by molar-refractivity contribution is 6.00. The number of amides is 1. The van der Waals surface area contributed by atoms with Crippen molar-refractivity contribution >= 4 is 23.0 Å². The Labute approximate surface area is 121 Å². The number of β-amino-alcohol motifs (C(OH)–C–C–N with tert-alkyl or cyclic N) is 1. The summed E-state index contributed by atoms with van der Waals surface area (Å²) >= 11 is 0. The van der Waals surface area contributed by atoms with E-state index in [4.69, 9.17) is 0 Å². The van der Waals surface area contributed by atoms with Gasteiger partial charge in [-0.2, -0.15) is 0 Å². The van der Waals surface area contributed by atoms with Gasteiger partial charge in [0.25, 0.3) is 5.69 Å². The molecule has 1 aromatic carbocycles. The van der Waals surface area contributed by atoms with Crippen molar-refractivity contribution in [1.29, 1.82) is 0 Å².